The van der Waals surface area contributed by atoms with Crippen LogP contribution >= 0.6 is 11.3 Å². The molecule has 1 amide bonds. The average molecular weight is 375 g/mol. The van der Waals surface area contributed by atoms with E-state index in [0.29, 0.717) is 6.54 Å². The molecule has 3 rings (SSSR count). The number of hydrogen-bond donors (Lipinski definition) is 1. The summed E-state index contributed by atoms with van der Waals surface area (Å²) in [7, 11) is 3.80. The zero-order chi connectivity index (χ0) is 18.5. The second-order valence-electron chi connectivity index (χ2n) is 6.88. The second-order valence-corrected chi connectivity index (χ2v) is 7.88. The maximum atomic E-state index is 12.7. The molecule has 0 bridgehead atoms. The Balaban J connectivity index is 1.51. The molecular formula is C20H28N3O2S+. The largest absolute Gasteiger partial charge is 0.495 e. The van der Waals surface area contributed by atoms with Gasteiger partial charge in [0.25, 0.3) is 5.91 Å². The van der Waals surface area contributed by atoms with Gasteiger partial charge in [0.05, 0.1) is 24.7 Å². The first-order valence-electron chi connectivity index (χ1n) is 9.08. The van der Waals surface area contributed by atoms with Crippen LogP contribution in [0, 0.1) is 6.92 Å². The van der Waals surface area contributed by atoms with E-state index in [1.807, 2.05) is 23.1 Å². The molecule has 1 fully saturated rings. The van der Waals surface area contributed by atoms with Crippen LogP contribution in [-0.4, -0.2) is 57.7 Å². The van der Waals surface area contributed by atoms with Gasteiger partial charge in [0.15, 0.2) is 6.54 Å². The zero-order valence-electron chi connectivity index (χ0n) is 15.8. The van der Waals surface area contributed by atoms with E-state index < -0.39 is 0 Å². The lowest BCUT2D eigenvalue weighted by atomic mass is 10.2. The van der Waals surface area contributed by atoms with E-state index >= 15 is 0 Å². The van der Waals surface area contributed by atoms with Crippen LogP contribution in [0.1, 0.15) is 10.4 Å². The van der Waals surface area contributed by atoms with Gasteiger partial charge in [-0.15, -0.1) is 11.3 Å². The van der Waals surface area contributed by atoms with Crippen molar-refractivity contribution in [2.75, 3.05) is 51.8 Å². The average Bonchev–Trinajstić information content (AvgIpc) is 3.06. The van der Waals surface area contributed by atoms with Crippen molar-refractivity contribution < 1.29 is 14.4 Å². The van der Waals surface area contributed by atoms with Gasteiger partial charge in [0.2, 0.25) is 0 Å². The highest BCUT2D eigenvalue weighted by Crippen LogP contribution is 2.28. The molecule has 5 nitrogen and oxygen atoms in total. The minimum absolute atomic E-state index is 0.247. The Morgan fingerprint density at radius 2 is 1.92 bits per heavy atom. The number of thiophene rings is 1. The lowest BCUT2D eigenvalue weighted by molar-refractivity contribution is -0.885. The molecule has 140 valence electrons. The van der Waals surface area contributed by atoms with E-state index in [1.165, 1.54) is 15.3 Å². The summed E-state index contributed by atoms with van der Waals surface area (Å²) in [6, 6.07) is 10.2. The number of para-hydroxylation sites is 2. The molecule has 2 heterocycles. The molecule has 1 aliphatic heterocycles. The summed E-state index contributed by atoms with van der Waals surface area (Å²) in [5.74, 6) is 1.14. The van der Waals surface area contributed by atoms with Gasteiger partial charge in [-0.05, 0) is 36.1 Å². The molecule has 0 saturated carbocycles. The Morgan fingerprint density at radius 1 is 1.19 bits per heavy atom. The van der Waals surface area contributed by atoms with Crippen molar-refractivity contribution in [2.45, 2.75) is 13.5 Å². The molecule has 1 unspecified atom stereocenters. The third-order valence-corrected chi connectivity index (χ3v) is 5.96. The Labute approximate surface area is 159 Å². The van der Waals surface area contributed by atoms with Crippen LogP contribution in [0.2, 0.25) is 0 Å². The number of anilines is 1. The van der Waals surface area contributed by atoms with Crippen molar-refractivity contribution in [3.05, 3.63) is 46.2 Å². The number of hydrogen-bond acceptors (Lipinski definition) is 4. The fraction of sp³-hybridized carbons (Fsp3) is 0.450. The minimum atomic E-state index is 0.247. The van der Waals surface area contributed by atoms with Crippen LogP contribution in [0.5, 0.6) is 5.75 Å². The number of carbonyl (C=O) groups is 1. The fourth-order valence-corrected chi connectivity index (χ4v) is 4.40. The highest BCUT2D eigenvalue weighted by atomic mass is 32.1. The highest BCUT2D eigenvalue weighted by Gasteiger charge is 2.24. The quantitative estimate of drug-likeness (QED) is 0.831. The number of ether oxygens (including phenoxy) is 1. The van der Waals surface area contributed by atoms with Crippen molar-refractivity contribution in [1.29, 1.82) is 0 Å². The van der Waals surface area contributed by atoms with Crippen LogP contribution in [0.15, 0.2) is 35.7 Å². The number of methoxy groups -OCH3 is 1. The predicted octanol–water partition coefficient (Wildman–Crippen LogP) is 1.43. The normalized spacial score (nSPS) is 15.8. The molecule has 26 heavy (non-hydrogen) atoms. The number of benzene rings is 1. The van der Waals surface area contributed by atoms with Gasteiger partial charge in [0, 0.05) is 26.2 Å². The second kappa shape index (κ2) is 8.56. The lowest BCUT2D eigenvalue weighted by Crippen LogP contribution is -3.08. The molecule has 1 aromatic carbocycles. The molecule has 1 atom stereocenters. The topological polar surface area (TPSA) is 37.2 Å². The lowest BCUT2D eigenvalue weighted by Gasteiger charge is -2.36. The number of carbonyl (C=O) groups excluding carboxylic acids is 1. The summed E-state index contributed by atoms with van der Waals surface area (Å²) >= 11 is 1.78. The third kappa shape index (κ3) is 4.37. The number of aryl methyl sites for hydroxylation is 1. The molecule has 6 heteroatoms. The van der Waals surface area contributed by atoms with E-state index in [4.69, 9.17) is 4.74 Å². The van der Waals surface area contributed by atoms with Gasteiger partial charge in [-0.3, -0.25) is 4.79 Å². The number of nitrogens with zero attached hydrogens (tertiary/aromatic N) is 2. The number of quaternary nitrogens is 1. The molecular weight excluding hydrogens is 346 g/mol. The number of nitrogens with one attached hydrogen (secondary N) is 1. The van der Waals surface area contributed by atoms with Crippen molar-refractivity contribution in [3.8, 4) is 5.75 Å². The SMILES string of the molecule is COc1ccccc1N1CCN(C(=O)C[NH+](C)Cc2sccc2C)CC1. The first-order valence-corrected chi connectivity index (χ1v) is 9.96. The first-order chi connectivity index (χ1) is 12.6. The molecule has 0 radical (unpaired) electrons. The fourth-order valence-electron chi connectivity index (χ4n) is 3.38. The summed E-state index contributed by atoms with van der Waals surface area (Å²) in [5.41, 5.74) is 2.44. The summed E-state index contributed by atoms with van der Waals surface area (Å²) < 4.78 is 5.46. The Bertz CT molecular complexity index is 738. The maximum Gasteiger partial charge on any atom is 0.277 e. The monoisotopic (exact) mass is 374 g/mol. The van der Waals surface area contributed by atoms with Crippen molar-refractivity contribution in [2.24, 2.45) is 0 Å². The Kier molecular flexibility index (Phi) is 6.16. The van der Waals surface area contributed by atoms with Gasteiger partial charge in [-0.25, -0.2) is 0 Å². The molecule has 1 aliphatic rings. The van der Waals surface area contributed by atoms with E-state index in [1.54, 1.807) is 18.4 Å². The third-order valence-electron chi connectivity index (χ3n) is 4.94. The van der Waals surface area contributed by atoms with Crippen LogP contribution in [0.4, 0.5) is 5.69 Å². The Morgan fingerprint density at radius 3 is 2.58 bits per heavy atom. The highest BCUT2D eigenvalue weighted by molar-refractivity contribution is 7.10. The van der Waals surface area contributed by atoms with E-state index in [2.05, 4.69) is 36.4 Å². The molecule has 1 N–H and O–H groups in total. The summed E-state index contributed by atoms with van der Waals surface area (Å²) in [6.07, 6.45) is 0. The van der Waals surface area contributed by atoms with Gasteiger partial charge < -0.3 is 19.4 Å². The van der Waals surface area contributed by atoms with E-state index in [-0.39, 0.29) is 5.91 Å². The van der Waals surface area contributed by atoms with Gasteiger partial charge in [-0.1, -0.05) is 12.1 Å². The van der Waals surface area contributed by atoms with E-state index in [9.17, 15) is 4.79 Å². The molecule has 1 aromatic heterocycles. The molecule has 0 spiro atoms. The Hall–Kier alpha value is -2.05. The summed E-state index contributed by atoms with van der Waals surface area (Å²) in [6.45, 7) is 6.81. The summed E-state index contributed by atoms with van der Waals surface area (Å²) in [4.78, 5) is 19.6. The van der Waals surface area contributed by atoms with Crippen molar-refractivity contribution >= 4 is 22.9 Å². The maximum absolute atomic E-state index is 12.7. The van der Waals surface area contributed by atoms with Gasteiger partial charge in [0.1, 0.15) is 12.3 Å². The standard InChI is InChI=1S/C20H27N3O2S/c1-16-8-13-26-19(16)14-21(2)15-20(24)23-11-9-22(10-12-23)17-6-4-5-7-18(17)25-3/h4-8,13H,9-12,14-15H2,1-3H3/p+1. The van der Waals surface area contributed by atoms with E-state index in [0.717, 1.165) is 44.2 Å². The molecule has 0 aliphatic carbocycles. The van der Waals surface area contributed by atoms with Gasteiger partial charge >= 0.3 is 0 Å². The molecule has 2 aromatic rings. The zero-order valence-corrected chi connectivity index (χ0v) is 16.6. The van der Waals surface area contributed by atoms with Crippen molar-refractivity contribution in [1.82, 2.24) is 4.90 Å². The number of likely N-dealkylation sites (N-methyl/N-ethyl adjacent to an activating group) is 1. The first kappa shape index (κ1) is 18.7. The van der Waals surface area contributed by atoms with Crippen LogP contribution < -0.4 is 14.5 Å². The van der Waals surface area contributed by atoms with Crippen LogP contribution in [-0.2, 0) is 11.3 Å². The number of piperazine rings is 1. The molecule has 1 saturated heterocycles. The number of amides is 1. The minimum Gasteiger partial charge on any atom is -0.495 e. The van der Waals surface area contributed by atoms with Crippen LogP contribution in [0.3, 0.4) is 0 Å². The predicted molar refractivity (Wildman–Crippen MR) is 106 cm³/mol. The van der Waals surface area contributed by atoms with Crippen molar-refractivity contribution in [3.63, 3.8) is 0 Å². The number of rotatable bonds is 6. The van der Waals surface area contributed by atoms with Crippen LogP contribution in [0.25, 0.3) is 0 Å². The van der Waals surface area contributed by atoms with Gasteiger partial charge in [-0.2, -0.15) is 0 Å². The smallest absolute Gasteiger partial charge is 0.277 e. The summed E-state index contributed by atoms with van der Waals surface area (Å²) in [5, 5.41) is 2.12.